The van der Waals surface area contributed by atoms with E-state index < -0.39 is 7.14 Å². The fourth-order valence-electron chi connectivity index (χ4n) is 6.70. The predicted molar refractivity (Wildman–Crippen MR) is 178 cm³/mol. The maximum atomic E-state index is 15.2. The first-order valence-corrected chi connectivity index (χ1v) is 16.1. The SMILES string of the molecule is O=P1(c2ccccc2)c2ccccc2-c2cc3c(cc21)c1ccccc1n3-c1nc(-c2ccccc2)c2ccccc2n1. The van der Waals surface area contributed by atoms with Crippen molar-refractivity contribution in [2.45, 2.75) is 0 Å². The van der Waals surface area contributed by atoms with Gasteiger partial charge in [0.25, 0.3) is 0 Å². The predicted octanol–water partition coefficient (Wildman–Crippen LogP) is 8.01. The molecule has 1 unspecified atom stereocenters. The maximum absolute atomic E-state index is 15.2. The first-order chi connectivity index (χ1) is 21.2. The Morgan fingerprint density at radius 3 is 2.02 bits per heavy atom. The van der Waals surface area contributed by atoms with E-state index in [0.717, 1.165) is 71.0 Å². The van der Waals surface area contributed by atoms with Gasteiger partial charge in [-0.1, -0.05) is 121 Å². The molecule has 0 aliphatic carbocycles. The van der Waals surface area contributed by atoms with E-state index >= 15 is 4.57 Å². The highest BCUT2D eigenvalue weighted by molar-refractivity contribution is 7.86. The van der Waals surface area contributed by atoms with Crippen molar-refractivity contribution < 1.29 is 4.57 Å². The first-order valence-electron chi connectivity index (χ1n) is 14.4. The van der Waals surface area contributed by atoms with Crippen molar-refractivity contribution in [3.8, 4) is 28.3 Å². The number of benzene rings is 6. The monoisotopic (exact) mass is 569 g/mol. The Labute approximate surface area is 248 Å². The molecule has 3 heterocycles. The molecule has 9 rings (SSSR count). The number of hydrogen-bond donors (Lipinski definition) is 0. The van der Waals surface area contributed by atoms with Gasteiger partial charge in [0.2, 0.25) is 5.95 Å². The van der Waals surface area contributed by atoms with Crippen molar-refractivity contribution in [3.05, 3.63) is 146 Å². The third kappa shape index (κ3) is 3.42. The van der Waals surface area contributed by atoms with Gasteiger partial charge in [0.05, 0.1) is 22.2 Å². The average molecular weight is 570 g/mol. The zero-order chi connectivity index (χ0) is 28.5. The molecular formula is C38H24N3OP. The highest BCUT2D eigenvalue weighted by Gasteiger charge is 2.40. The average Bonchev–Trinajstić information content (AvgIpc) is 3.54. The zero-order valence-electron chi connectivity index (χ0n) is 23.1. The minimum atomic E-state index is -3.07. The minimum Gasteiger partial charge on any atom is -0.309 e. The van der Waals surface area contributed by atoms with E-state index in [0.29, 0.717) is 5.95 Å². The summed E-state index contributed by atoms with van der Waals surface area (Å²) >= 11 is 0. The lowest BCUT2D eigenvalue weighted by atomic mass is 10.0. The summed E-state index contributed by atoms with van der Waals surface area (Å²) in [5.41, 5.74) is 6.85. The van der Waals surface area contributed by atoms with E-state index in [4.69, 9.17) is 9.97 Å². The van der Waals surface area contributed by atoms with Gasteiger partial charge in [-0.25, -0.2) is 9.97 Å². The molecule has 2 aromatic heterocycles. The molecule has 1 atom stereocenters. The van der Waals surface area contributed by atoms with E-state index in [1.54, 1.807) is 0 Å². The zero-order valence-corrected chi connectivity index (χ0v) is 23.9. The van der Waals surface area contributed by atoms with Crippen LogP contribution < -0.4 is 15.9 Å². The van der Waals surface area contributed by atoms with E-state index in [1.807, 2.05) is 84.9 Å². The van der Waals surface area contributed by atoms with Gasteiger partial charge in [-0.3, -0.25) is 4.57 Å². The topological polar surface area (TPSA) is 47.8 Å². The summed E-state index contributed by atoms with van der Waals surface area (Å²) in [6.45, 7) is 0. The van der Waals surface area contributed by atoms with Crippen LogP contribution in [-0.2, 0) is 4.57 Å². The lowest BCUT2D eigenvalue weighted by Gasteiger charge is -2.16. The third-order valence-corrected chi connectivity index (χ3v) is 11.8. The standard InChI is InChI=1S/C38H24N3OP/c42-43(26-15-5-2-6-16-26)35-22-12-9-18-28(35)31-23-34-30(24-36(31)43)27-17-8-11-21-33(27)41(34)38-39-32-20-10-7-19-29(32)37(40-38)25-13-3-1-4-14-25/h1-24H. The molecule has 0 N–H and O–H groups in total. The molecule has 202 valence electrons. The molecule has 4 nitrogen and oxygen atoms in total. The Balaban J connectivity index is 1.40. The van der Waals surface area contributed by atoms with Crippen LogP contribution in [0.2, 0.25) is 0 Å². The molecule has 5 heteroatoms. The van der Waals surface area contributed by atoms with Gasteiger partial charge in [0, 0.05) is 37.6 Å². The highest BCUT2D eigenvalue weighted by atomic mass is 31.2. The maximum Gasteiger partial charge on any atom is 0.235 e. The van der Waals surface area contributed by atoms with Crippen molar-refractivity contribution in [1.82, 2.24) is 14.5 Å². The van der Waals surface area contributed by atoms with Crippen LogP contribution in [0.1, 0.15) is 0 Å². The Kier molecular flexibility index (Phi) is 5.14. The molecule has 1 aliphatic rings. The molecule has 0 saturated carbocycles. The number of fused-ring (bicyclic) bond motifs is 7. The summed E-state index contributed by atoms with van der Waals surface area (Å²) in [6, 6.07) is 49.2. The fraction of sp³-hybridized carbons (Fsp3) is 0. The second-order valence-electron chi connectivity index (χ2n) is 11.0. The summed E-state index contributed by atoms with van der Waals surface area (Å²) in [5.74, 6) is 0.612. The van der Waals surface area contributed by atoms with Crippen LogP contribution in [0.4, 0.5) is 0 Å². The summed E-state index contributed by atoms with van der Waals surface area (Å²) in [5, 5.41) is 5.77. The van der Waals surface area contributed by atoms with Gasteiger partial charge in [-0.15, -0.1) is 0 Å². The van der Waals surface area contributed by atoms with Gasteiger partial charge < -0.3 is 4.57 Å². The van der Waals surface area contributed by atoms with Crippen molar-refractivity contribution in [3.63, 3.8) is 0 Å². The molecule has 1 aliphatic heterocycles. The van der Waals surface area contributed by atoms with E-state index in [-0.39, 0.29) is 0 Å². The van der Waals surface area contributed by atoms with Crippen molar-refractivity contribution in [2.75, 3.05) is 0 Å². The van der Waals surface area contributed by atoms with Crippen LogP contribution in [0.3, 0.4) is 0 Å². The van der Waals surface area contributed by atoms with Crippen molar-refractivity contribution >= 4 is 55.8 Å². The van der Waals surface area contributed by atoms with Crippen LogP contribution in [0.5, 0.6) is 0 Å². The Bertz CT molecular complexity index is 2430. The smallest absolute Gasteiger partial charge is 0.235 e. The van der Waals surface area contributed by atoms with E-state index in [9.17, 15) is 0 Å². The van der Waals surface area contributed by atoms with Crippen LogP contribution in [-0.4, -0.2) is 14.5 Å². The second kappa shape index (κ2) is 9.09. The van der Waals surface area contributed by atoms with Gasteiger partial charge in [0.1, 0.15) is 0 Å². The lowest BCUT2D eigenvalue weighted by Crippen LogP contribution is -2.20. The molecule has 0 spiro atoms. The third-order valence-electron chi connectivity index (χ3n) is 8.62. The molecule has 43 heavy (non-hydrogen) atoms. The Hall–Kier alpha value is -5.31. The molecule has 0 radical (unpaired) electrons. The molecule has 0 fully saturated rings. The summed E-state index contributed by atoms with van der Waals surface area (Å²) in [7, 11) is -3.07. The van der Waals surface area contributed by atoms with Crippen LogP contribution in [0.15, 0.2) is 146 Å². The summed E-state index contributed by atoms with van der Waals surface area (Å²) in [4.78, 5) is 10.3. The van der Waals surface area contributed by atoms with Gasteiger partial charge in [-0.2, -0.15) is 0 Å². The van der Waals surface area contributed by atoms with Gasteiger partial charge >= 0.3 is 0 Å². The molecule has 6 aromatic carbocycles. The number of rotatable bonds is 3. The van der Waals surface area contributed by atoms with Gasteiger partial charge in [-0.05, 0) is 35.4 Å². The number of hydrogen-bond acceptors (Lipinski definition) is 3. The minimum absolute atomic E-state index is 0.612. The van der Waals surface area contributed by atoms with Crippen LogP contribution >= 0.6 is 7.14 Å². The van der Waals surface area contributed by atoms with Crippen LogP contribution in [0.25, 0.3) is 61.0 Å². The Morgan fingerprint density at radius 2 is 1.19 bits per heavy atom. The molecule has 0 saturated heterocycles. The molecule has 8 aromatic rings. The van der Waals surface area contributed by atoms with E-state index in [2.05, 4.69) is 65.2 Å². The number of para-hydroxylation sites is 2. The Morgan fingerprint density at radius 1 is 0.512 bits per heavy atom. The first kappa shape index (κ1) is 24.3. The highest BCUT2D eigenvalue weighted by Crippen LogP contribution is 2.53. The summed E-state index contributed by atoms with van der Waals surface area (Å²) < 4.78 is 17.4. The lowest BCUT2D eigenvalue weighted by molar-refractivity contribution is 0.593. The van der Waals surface area contributed by atoms with Crippen LogP contribution in [0, 0.1) is 0 Å². The number of nitrogens with zero attached hydrogens (tertiary/aromatic N) is 3. The quantitative estimate of drug-likeness (QED) is 0.203. The summed E-state index contributed by atoms with van der Waals surface area (Å²) in [6.07, 6.45) is 0. The normalized spacial score (nSPS) is 15.6. The van der Waals surface area contributed by atoms with Gasteiger partial charge in [0.15, 0.2) is 7.14 Å². The van der Waals surface area contributed by atoms with Crippen molar-refractivity contribution in [2.24, 2.45) is 0 Å². The fourth-order valence-corrected chi connectivity index (χ4v) is 9.77. The van der Waals surface area contributed by atoms with Crippen molar-refractivity contribution in [1.29, 1.82) is 0 Å². The largest absolute Gasteiger partial charge is 0.309 e. The second-order valence-corrected chi connectivity index (χ2v) is 13.7. The molecule has 0 bridgehead atoms. The number of aromatic nitrogens is 3. The van der Waals surface area contributed by atoms with E-state index in [1.165, 1.54) is 0 Å². The molecular weight excluding hydrogens is 545 g/mol. The molecule has 0 amide bonds.